The van der Waals surface area contributed by atoms with Crippen LogP contribution in [-0.2, 0) is 28.4 Å². The zero-order valence-electron chi connectivity index (χ0n) is 24.9. The maximum absolute atomic E-state index is 14.2. The Kier molecular flexibility index (Phi) is 8.92. The Balaban J connectivity index is 1.68. The van der Waals surface area contributed by atoms with Gasteiger partial charge in [0.15, 0.2) is 11.5 Å². The van der Waals surface area contributed by atoms with Gasteiger partial charge in [0.25, 0.3) is 0 Å². The number of fused-ring (bicyclic) bond motifs is 2. The Morgan fingerprint density at radius 2 is 1.57 bits per heavy atom. The summed E-state index contributed by atoms with van der Waals surface area (Å²) >= 11 is 0. The number of rotatable bonds is 5. The Morgan fingerprint density at radius 3 is 2.11 bits per heavy atom. The minimum Gasteiger partial charge on any atom is -0.463 e. The second-order valence-electron chi connectivity index (χ2n) is 11.5. The molecule has 252 valence electrons. The fraction of sp³-hybridized carbons (Fsp3) is 0.517. The van der Waals surface area contributed by atoms with E-state index >= 15 is 0 Å². The molecule has 2 aromatic rings. The van der Waals surface area contributed by atoms with Crippen molar-refractivity contribution in [1.29, 1.82) is 0 Å². The van der Waals surface area contributed by atoms with Crippen molar-refractivity contribution in [2.75, 3.05) is 7.05 Å². The molecule has 2 N–H and O–H groups in total. The zero-order chi connectivity index (χ0) is 33.6. The number of benzene rings is 2. The van der Waals surface area contributed by atoms with Crippen LogP contribution in [-0.4, -0.2) is 41.4 Å². The average Bonchev–Trinajstić information content (AvgIpc) is 3.51. The van der Waals surface area contributed by atoms with E-state index in [0.717, 1.165) is 0 Å². The zero-order valence-corrected chi connectivity index (χ0v) is 24.9. The number of hydrogen-bond donors (Lipinski definition) is 2. The van der Waals surface area contributed by atoms with Gasteiger partial charge < -0.3 is 19.1 Å². The number of nitrogens with zero attached hydrogens (tertiary/aromatic N) is 3. The second-order valence-corrected chi connectivity index (χ2v) is 11.5. The van der Waals surface area contributed by atoms with Crippen LogP contribution < -0.4 is 20.4 Å². The van der Waals surface area contributed by atoms with E-state index < -0.39 is 60.4 Å². The third-order valence-electron chi connectivity index (χ3n) is 7.67. The van der Waals surface area contributed by atoms with Crippen molar-refractivity contribution < 1.29 is 54.1 Å². The van der Waals surface area contributed by atoms with Crippen LogP contribution in [0, 0.1) is 0 Å². The predicted molar refractivity (Wildman–Crippen MR) is 146 cm³/mol. The van der Waals surface area contributed by atoms with Crippen LogP contribution in [0.15, 0.2) is 35.4 Å². The van der Waals surface area contributed by atoms with E-state index in [1.807, 2.05) is 0 Å². The highest BCUT2D eigenvalue weighted by Gasteiger charge is 2.46. The molecule has 0 spiro atoms. The lowest BCUT2D eigenvalue weighted by Crippen LogP contribution is -2.46. The van der Waals surface area contributed by atoms with Crippen molar-refractivity contribution in [3.05, 3.63) is 58.1 Å². The maximum atomic E-state index is 14.2. The largest absolute Gasteiger partial charge is 0.586 e. The number of carbonyl (C=O) groups excluding carboxylic acids is 1. The summed E-state index contributed by atoms with van der Waals surface area (Å²) in [6, 6.07) is 2.89. The van der Waals surface area contributed by atoms with Gasteiger partial charge in [-0.3, -0.25) is 10.2 Å². The number of hydrazine groups is 2. The smallest absolute Gasteiger partial charge is 0.463 e. The number of carbonyl (C=O) groups is 1. The minimum atomic E-state index is -5.08. The number of esters is 1. The Morgan fingerprint density at radius 1 is 0.978 bits per heavy atom. The van der Waals surface area contributed by atoms with Crippen LogP contribution >= 0.6 is 0 Å². The molecule has 0 fully saturated rings. The van der Waals surface area contributed by atoms with Crippen LogP contribution in [0.25, 0.3) is 0 Å². The van der Waals surface area contributed by atoms with Crippen LogP contribution in [0.4, 0.5) is 35.1 Å². The molecule has 0 aromatic heterocycles. The van der Waals surface area contributed by atoms with E-state index in [1.54, 1.807) is 13.8 Å². The molecule has 2 aromatic carbocycles. The summed E-state index contributed by atoms with van der Waals surface area (Å²) in [7, 11) is 1.52. The van der Waals surface area contributed by atoms with E-state index in [4.69, 9.17) is 9.47 Å². The molecule has 3 aliphatic rings. The first-order valence-electron chi connectivity index (χ1n) is 14.4. The van der Waals surface area contributed by atoms with Crippen LogP contribution in [0.5, 0.6) is 11.5 Å². The van der Waals surface area contributed by atoms with Gasteiger partial charge >= 0.3 is 24.6 Å². The summed E-state index contributed by atoms with van der Waals surface area (Å²) in [6.45, 7) is 2.77. The molecule has 17 heteroatoms. The summed E-state index contributed by atoms with van der Waals surface area (Å²) in [5, 5.41) is 5.47. The first-order valence-corrected chi connectivity index (χ1v) is 14.4. The van der Waals surface area contributed by atoms with E-state index in [-0.39, 0.29) is 53.1 Å². The molecule has 0 radical (unpaired) electrons. The van der Waals surface area contributed by atoms with Gasteiger partial charge in [0.2, 0.25) is 5.96 Å². The molecular weight excluding hydrogens is 634 g/mol. The molecule has 2 unspecified atom stereocenters. The highest BCUT2D eigenvalue weighted by atomic mass is 19.4. The van der Waals surface area contributed by atoms with Crippen molar-refractivity contribution in [2.45, 2.75) is 89.2 Å². The molecule has 5 rings (SSSR count). The fourth-order valence-electron chi connectivity index (χ4n) is 5.77. The normalized spacial score (nSPS) is 21.3. The topological polar surface area (TPSA) is 87.7 Å². The van der Waals surface area contributed by atoms with Gasteiger partial charge in [0.05, 0.1) is 29.2 Å². The molecule has 2 atom stereocenters. The van der Waals surface area contributed by atoms with Crippen LogP contribution in [0.3, 0.4) is 0 Å². The average molecular weight is 666 g/mol. The molecule has 0 amide bonds. The van der Waals surface area contributed by atoms with E-state index in [2.05, 4.69) is 20.8 Å². The standard InChI is InChI=1S/C29H31F8N5O4/c1-15(2)44-25(43)19-7-5-4-6-8-22(21-13-24-23(12-20(19)21)45-29(36,37)46-24)42(26-38-40-41(3)39-26)14-16-9-17(27(30,31)32)11-18(10-16)28(33,34)35/h9-13,15,19,22,40H,4-8,14H2,1-3H3,(H,38,39). The number of guanidine groups is 1. The third kappa shape index (κ3) is 7.34. The number of ether oxygens (including phenoxy) is 3. The van der Waals surface area contributed by atoms with Crippen molar-refractivity contribution in [2.24, 2.45) is 5.10 Å². The van der Waals surface area contributed by atoms with Crippen molar-refractivity contribution in [3.63, 3.8) is 0 Å². The van der Waals surface area contributed by atoms with Crippen molar-refractivity contribution in [3.8, 4) is 11.5 Å². The van der Waals surface area contributed by atoms with Gasteiger partial charge in [0.1, 0.15) is 0 Å². The molecule has 0 saturated carbocycles. The van der Waals surface area contributed by atoms with E-state index in [9.17, 15) is 39.9 Å². The number of hydrazone groups is 1. The van der Waals surface area contributed by atoms with Crippen molar-refractivity contribution >= 4 is 11.9 Å². The summed E-state index contributed by atoms with van der Waals surface area (Å²) in [5.41, 5.74) is 2.65. The summed E-state index contributed by atoms with van der Waals surface area (Å²) < 4.78 is 126. The number of alkyl halides is 8. The highest BCUT2D eigenvalue weighted by molar-refractivity contribution is 5.82. The Hall–Kier alpha value is -4.02. The lowest BCUT2D eigenvalue weighted by atomic mass is 9.86. The predicted octanol–water partition coefficient (Wildman–Crippen LogP) is 6.81. The SMILES string of the molecule is CC(C)OC(=O)C1CCCCCC(N(Cc2cc(C(F)(F)F)cc(C(F)(F)F)c2)C2=NNN(C)N2)c2cc3c(cc21)OC(F)(F)O3. The van der Waals surface area contributed by atoms with Gasteiger partial charge in [-0.1, -0.05) is 19.3 Å². The number of halogens is 8. The number of hydrogen-bond acceptors (Lipinski definition) is 9. The molecule has 9 nitrogen and oxygen atoms in total. The molecular formula is C29H31F8N5O4. The summed E-state index contributed by atoms with van der Waals surface area (Å²) in [6.07, 6.45) is -12.5. The molecule has 0 bridgehead atoms. The Bertz CT molecular complexity index is 1460. The minimum absolute atomic E-state index is 0.0213. The van der Waals surface area contributed by atoms with Gasteiger partial charge in [0, 0.05) is 13.6 Å². The number of nitrogens with one attached hydrogen (secondary N) is 2. The highest BCUT2D eigenvalue weighted by Crippen LogP contribution is 2.48. The summed E-state index contributed by atoms with van der Waals surface area (Å²) in [5.74, 6) is -2.24. The molecule has 2 heterocycles. The molecule has 0 saturated heterocycles. The van der Waals surface area contributed by atoms with Crippen LogP contribution in [0.2, 0.25) is 0 Å². The van der Waals surface area contributed by atoms with Crippen LogP contribution in [0.1, 0.15) is 85.7 Å². The molecule has 2 aliphatic heterocycles. The van der Waals surface area contributed by atoms with Gasteiger partial charge in [-0.15, -0.1) is 19.0 Å². The fourth-order valence-corrected chi connectivity index (χ4v) is 5.77. The van der Waals surface area contributed by atoms with Gasteiger partial charge in [-0.25, -0.2) is 5.53 Å². The van der Waals surface area contributed by atoms with Gasteiger partial charge in [-0.05, 0) is 73.7 Å². The van der Waals surface area contributed by atoms with E-state index in [0.29, 0.717) is 31.4 Å². The lowest BCUT2D eigenvalue weighted by molar-refractivity contribution is -0.286. The van der Waals surface area contributed by atoms with E-state index in [1.165, 1.54) is 29.2 Å². The Labute approximate surface area is 258 Å². The van der Waals surface area contributed by atoms with Crippen molar-refractivity contribution in [1.82, 2.24) is 21.0 Å². The third-order valence-corrected chi connectivity index (χ3v) is 7.67. The van der Waals surface area contributed by atoms with Gasteiger partial charge in [-0.2, -0.15) is 26.3 Å². The first kappa shape index (κ1) is 33.3. The first-order chi connectivity index (χ1) is 21.4. The molecule has 46 heavy (non-hydrogen) atoms. The molecule has 1 aliphatic carbocycles. The maximum Gasteiger partial charge on any atom is 0.586 e. The quantitative estimate of drug-likeness (QED) is 0.266. The monoisotopic (exact) mass is 665 g/mol. The lowest BCUT2D eigenvalue weighted by Gasteiger charge is -2.35. The summed E-state index contributed by atoms with van der Waals surface area (Å²) in [4.78, 5) is 14.8. The second kappa shape index (κ2) is 12.3.